The van der Waals surface area contributed by atoms with Crippen LogP contribution in [0.15, 0.2) is 42.5 Å². The molecule has 2 aromatic carbocycles. The highest BCUT2D eigenvalue weighted by atomic mass is 16.6. The largest absolute Gasteiger partial charge is 0.504 e. The Labute approximate surface area is 226 Å². The Morgan fingerprint density at radius 3 is 2.79 bits per heavy atom. The number of aromatic hydroxyl groups is 1. The van der Waals surface area contributed by atoms with Gasteiger partial charge in [0.2, 0.25) is 5.91 Å². The van der Waals surface area contributed by atoms with Crippen molar-refractivity contribution in [1.82, 2.24) is 9.80 Å². The summed E-state index contributed by atoms with van der Waals surface area (Å²) >= 11 is 0. The van der Waals surface area contributed by atoms with Crippen molar-refractivity contribution in [2.45, 2.75) is 67.7 Å². The molecule has 1 amide bonds. The number of piperidine rings is 1. The second kappa shape index (κ2) is 8.53. The van der Waals surface area contributed by atoms with Crippen LogP contribution in [0.4, 0.5) is 5.69 Å². The predicted molar refractivity (Wildman–Crippen MR) is 143 cm³/mol. The van der Waals surface area contributed by atoms with Crippen LogP contribution >= 0.6 is 0 Å². The van der Waals surface area contributed by atoms with Crippen molar-refractivity contribution in [2.75, 3.05) is 20.1 Å². The Hall–Kier alpha value is -3.43. The van der Waals surface area contributed by atoms with E-state index in [0.29, 0.717) is 36.5 Å². The van der Waals surface area contributed by atoms with Gasteiger partial charge in [0.05, 0.1) is 27.5 Å². The molecule has 3 fully saturated rings. The molecule has 204 valence electrons. The number of amides is 1. The molecule has 2 saturated carbocycles. The first-order chi connectivity index (χ1) is 18.7. The first kappa shape index (κ1) is 24.6. The number of likely N-dealkylation sites (tertiary alicyclic amines) is 1. The lowest BCUT2D eigenvalue weighted by molar-refractivity contribution is -0.385. The Morgan fingerprint density at radius 2 is 2.03 bits per heavy atom. The molecule has 5 atom stereocenters. The number of nitrogens with zero attached hydrogens (tertiary/aromatic N) is 3. The Balaban J connectivity index is 1.24. The van der Waals surface area contributed by atoms with E-state index in [9.17, 15) is 25.1 Å². The number of phenolic OH excluding ortho intramolecular Hbond substituents is 1. The van der Waals surface area contributed by atoms with Crippen LogP contribution in [0.5, 0.6) is 11.5 Å². The van der Waals surface area contributed by atoms with Gasteiger partial charge in [0.15, 0.2) is 11.5 Å². The summed E-state index contributed by atoms with van der Waals surface area (Å²) in [7, 11) is 1.73. The van der Waals surface area contributed by atoms with E-state index < -0.39 is 22.0 Å². The van der Waals surface area contributed by atoms with Crippen molar-refractivity contribution < 1.29 is 24.7 Å². The second-order valence-electron chi connectivity index (χ2n) is 12.0. The number of ether oxygens (including phenoxy) is 1. The third kappa shape index (κ3) is 3.42. The smallest absolute Gasteiger partial charge is 0.276 e. The molecule has 0 radical (unpaired) electrons. The van der Waals surface area contributed by atoms with Gasteiger partial charge in [0.25, 0.3) is 5.69 Å². The molecule has 2 aliphatic heterocycles. The first-order valence-corrected chi connectivity index (χ1v) is 13.9. The SMILES string of the molecule is CN(C(=O)C=Cc1ccccc1[N+](=O)[O-])[C@@H]1CC[C@@]2(O)[C@H]3Cc4ccc(O)c5c4[C@@]2(CCN3CC2CC2)[C@H]1O5. The van der Waals surface area contributed by atoms with Gasteiger partial charge >= 0.3 is 0 Å². The van der Waals surface area contributed by atoms with Crippen LogP contribution in [-0.2, 0) is 16.6 Å². The van der Waals surface area contributed by atoms with E-state index in [0.717, 1.165) is 30.6 Å². The molecular formula is C30H33N3O6. The number of likely N-dealkylation sites (N-methyl/N-ethyl adjacent to an activating group) is 1. The maximum absolute atomic E-state index is 13.4. The highest BCUT2D eigenvalue weighted by Gasteiger charge is 2.73. The van der Waals surface area contributed by atoms with Crippen LogP contribution < -0.4 is 4.74 Å². The van der Waals surface area contributed by atoms with Gasteiger partial charge in [-0.1, -0.05) is 18.2 Å². The van der Waals surface area contributed by atoms with E-state index in [2.05, 4.69) is 4.90 Å². The number of rotatable bonds is 6. The molecule has 3 aliphatic carbocycles. The van der Waals surface area contributed by atoms with E-state index in [1.807, 2.05) is 6.07 Å². The molecule has 39 heavy (non-hydrogen) atoms. The molecule has 2 bridgehead atoms. The monoisotopic (exact) mass is 531 g/mol. The first-order valence-electron chi connectivity index (χ1n) is 13.9. The quantitative estimate of drug-likeness (QED) is 0.333. The van der Waals surface area contributed by atoms with Crippen LogP contribution in [0.2, 0.25) is 0 Å². The minimum Gasteiger partial charge on any atom is -0.504 e. The molecule has 0 unspecified atom stereocenters. The van der Waals surface area contributed by atoms with Gasteiger partial charge in [-0.15, -0.1) is 0 Å². The number of hydrogen-bond donors (Lipinski definition) is 2. The molecule has 2 aromatic rings. The van der Waals surface area contributed by atoms with Gasteiger partial charge in [0, 0.05) is 37.3 Å². The number of carbonyl (C=O) groups is 1. The summed E-state index contributed by atoms with van der Waals surface area (Å²) in [6, 6.07) is 9.62. The number of carbonyl (C=O) groups excluding carboxylic acids is 1. The van der Waals surface area contributed by atoms with E-state index in [4.69, 9.17) is 4.74 Å². The van der Waals surface area contributed by atoms with E-state index in [1.54, 1.807) is 36.2 Å². The summed E-state index contributed by atoms with van der Waals surface area (Å²) in [5, 5.41) is 34.8. The lowest BCUT2D eigenvalue weighted by atomic mass is 9.48. The normalized spacial score (nSPS) is 32.5. The van der Waals surface area contributed by atoms with Crippen LogP contribution in [0.3, 0.4) is 0 Å². The van der Waals surface area contributed by atoms with Gasteiger partial charge in [0.1, 0.15) is 6.10 Å². The van der Waals surface area contributed by atoms with Crippen molar-refractivity contribution in [3.8, 4) is 11.5 Å². The number of phenols is 1. The van der Waals surface area contributed by atoms with E-state index in [-0.39, 0.29) is 29.4 Å². The fraction of sp³-hybridized carbons (Fsp3) is 0.500. The number of para-hydroxylation sites is 1. The highest BCUT2D eigenvalue weighted by Crippen LogP contribution is 2.66. The maximum atomic E-state index is 13.4. The molecule has 5 aliphatic rings. The van der Waals surface area contributed by atoms with Crippen LogP contribution in [0.1, 0.15) is 48.8 Å². The lowest BCUT2D eigenvalue weighted by Gasteiger charge is -2.64. The third-order valence-corrected chi connectivity index (χ3v) is 10.1. The summed E-state index contributed by atoms with van der Waals surface area (Å²) in [5.41, 5.74) is 0.619. The number of hydrogen-bond acceptors (Lipinski definition) is 7. The van der Waals surface area contributed by atoms with Crippen molar-refractivity contribution in [1.29, 1.82) is 0 Å². The summed E-state index contributed by atoms with van der Waals surface area (Å²) < 4.78 is 6.56. The minimum atomic E-state index is -1.02. The van der Waals surface area contributed by atoms with E-state index >= 15 is 0 Å². The van der Waals surface area contributed by atoms with Gasteiger partial charge in [-0.3, -0.25) is 19.8 Å². The summed E-state index contributed by atoms with van der Waals surface area (Å²) in [4.78, 5) is 28.5. The molecule has 2 heterocycles. The average Bonchev–Trinajstić information content (AvgIpc) is 3.67. The fourth-order valence-corrected chi connectivity index (χ4v) is 8.09. The van der Waals surface area contributed by atoms with Crippen molar-refractivity contribution in [3.63, 3.8) is 0 Å². The van der Waals surface area contributed by atoms with Crippen LogP contribution in [-0.4, -0.2) is 74.8 Å². The van der Waals surface area contributed by atoms with Gasteiger partial charge < -0.3 is 19.8 Å². The van der Waals surface area contributed by atoms with Gasteiger partial charge in [-0.25, -0.2) is 0 Å². The molecule has 1 saturated heterocycles. The zero-order valence-electron chi connectivity index (χ0n) is 22.0. The molecule has 0 aromatic heterocycles. The van der Waals surface area contributed by atoms with Crippen LogP contribution in [0.25, 0.3) is 6.08 Å². The molecule has 9 heteroatoms. The molecular weight excluding hydrogens is 498 g/mol. The topological polar surface area (TPSA) is 116 Å². The van der Waals surface area contributed by atoms with Crippen molar-refractivity contribution >= 4 is 17.7 Å². The molecule has 9 nitrogen and oxygen atoms in total. The van der Waals surface area contributed by atoms with Gasteiger partial charge in [-0.2, -0.15) is 0 Å². The van der Waals surface area contributed by atoms with Gasteiger partial charge in [-0.05, 0) is 74.8 Å². The standard InChI is InChI=1S/C30H33N3O6/c1-31(25(35)11-9-19-4-2-3-5-21(19)33(37)38)22-12-13-30(36)24-16-20-8-10-23(34)27-26(20)29(30,28(22)39-27)14-15-32(24)17-18-6-7-18/h2-5,8-11,18,22,24,28,34,36H,6-7,12-17H2,1H3/t22-,24-,28+,29+,30-/m1/s1. The second-order valence-corrected chi connectivity index (χ2v) is 12.0. The Kier molecular flexibility index (Phi) is 5.38. The van der Waals surface area contributed by atoms with Crippen molar-refractivity contribution in [3.05, 3.63) is 69.3 Å². The van der Waals surface area contributed by atoms with Crippen molar-refractivity contribution in [2.24, 2.45) is 5.92 Å². The Bertz CT molecular complexity index is 1410. The predicted octanol–water partition coefficient (Wildman–Crippen LogP) is 3.40. The zero-order valence-corrected chi connectivity index (χ0v) is 22.0. The summed E-state index contributed by atoms with van der Waals surface area (Å²) in [5.74, 6) is 0.945. The number of aliphatic hydroxyl groups is 1. The Morgan fingerprint density at radius 1 is 1.23 bits per heavy atom. The lowest BCUT2D eigenvalue weighted by Crippen LogP contribution is -2.78. The molecule has 1 spiro atoms. The average molecular weight is 532 g/mol. The highest BCUT2D eigenvalue weighted by molar-refractivity contribution is 5.92. The van der Waals surface area contributed by atoms with E-state index in [1.165, 1.54) is 31.1 Å². The fourth-order valence-electron chi connectivity index (χ4n) is 8.09. The number of benzene rings is 2. The molecule has 7 rings (SSSR count). The zero-order chi connectivity index (χ0) is 27.1. The number of nitro benzene ring substituents is 1. The minimum absolute atomic E-state index is 0.0265. The maximum Gasteiger partial charge on any atom is 0.276 e. The summed E-state index contributed by atoms with van der Waals surface area (Å²) in [6.45, 7) is 1.85. The number of nitro groups is 1. The molecule has 2 N–H and O–H groups in total. The summed E-state index contributed by atoms with van der Waals surface area (Å²) in [6.07, 6.45) is 7.36. The van der Waals surface area contributed by atoms with Crippen LogP contribution in [0, 0.1) is 16.0 Å². The third-order valence-electron chi connectivity index (χ3n) is 10.1.